The number of aliphatic hydroxyl groups excluding tert-OH is 4. The van der Waals surface area contributed by atoms with Crippen molar-refractivity contribution in [3.8, 4) is 0 Å². The Morgan fingerprint density at radius 3 is 2.16 bits per heavy atom. The highest BCUT2D eigenvalue weighted by atomic mass is 16.3. The van der Waals surface area contributed by atoms with Crippen LogP contribution < -0.4 is 0 Å². The van der Waals surface area contributed by atoms with E-state index < -0.39 is 6.10 Å². The first-order chi connectivity index (χ1) is 14.5. The molecule has 0 heterocycles. The Morgan fingerprint density at radius 1 is 0.806 bits per heavy atom. The minimum absolute atomic E-state index is 0.0736. The van der Waals surface area contributed by atoms with Crippen LogP contribution in [-0.4, -0.2) is 44.8 Å². The van der Waals surface area contributed by atoms with Crippen LogP contribution in [0.25, 0.3) is 0 Å². The third kappa shape index (κ3) is 3.84. The van der Waals surface area contributed by atoms with E-state index in [1.165, 1.54) is 6.42 Å². The number of fused-ring (bicyclic) bond motifs is 5. The molecule has 0 aliphatic heterocycles. The number of allylic oxidation sites excluding steroid dienone is 1. The lowest BCUT2D eigenvalue weighted by molar-refractivity contribution is -0.180. The molecular formula is C27H46O4. The van der Waals surface area contributed by atoms with E-state index in [0.29, 0.717) is 23.7 Å². The van der Waals surface area contributed by atoms with E-state index in [9.17, 15) is 20.4 Å². The van der Waals surface area contributed by atoms with Crippen molar-refractivity contribution in [2.75, 3.05) is 0 Å². The largest absolute Gasteiger partial charge is 0.393 e. The van der Waals surface area contributed by atoms with Gasteiger partial charge in [0.25, 0.3) is 0 Å². The van der Waals surface area contributed by atoms with E-state index in [-0.39, 0.29) is 46.9 Å². The van der Waals surface area contributed by atoms with E-state index in [2.05, 4.69) is 26.8 Å². The van der Waals surface area contributed by atoms with Gasteiger partial charge in [0.2, 0.25) is 0 Å². The maximum Gasteiger partial charge on any atom is 0.0743 e. The molecule has 1 unspecified atom stereocenters. The van der Waals surface area contributed by atoms with Gasteiger partial charge in [0.1, 0.15) is 0 Å². The zero-order valence-corrected chi connectivity index (χ0v) is 20.2. The smallest absolute Gasteiger partial charge is 0.0743 e. The monoisotopic (exact) mass is 434 g/mol. The van der Waals surface area contributed by atoms with Crippen LogP contribution in [0.4, 0.5) is 0 Å². The zero-order chi connectivity index (χ0) is 22.7. The molecule has 0 saturated heterocycles. The molecule has 0 aromatic carbocycles. The molecule has 178 valence electrons. The van der Waals surface area contributed by atoms with Crippen LogP contribution in [-0.2, 0) is 0 Å². The zero-order valence-electron chi connectivity index (χ0n) is 20.2. The molecule has 4 rings (SSSR count). The fourth-order valence-electron chi connectivity index (χ4n) is 8.85. The van der Waals surface area contributed by atoms with Gasteiger partial charge in [-0.2, -0.15) is 0 Å². The molecule has 0 aromatic heterocycles. The highest BCUT2D eigenvalue weighted by Gasteiger charge is 2.64. The molecule has 31 heavy (non-hydrogen) atoms. The van der Waals surface area contributed by atoms with Crippen LogP contribution in [0.1, 0.15) is 79.6 Å². The molecule has 4 N–H and O–H groups in total. The third-order valence-corrected chi connectivity index (χ3v) is 10.6. The van der Waals surface area contributed by atoms with Crippen molar-refractivity contribution in [2.45, 2.75) is 104 Å². The fraction of sp³-hybridized carbons (Fsp3) is 0.926. The summed E-state index contributed by atoms with van der Waals surface area (Å²) in [4.78, 5) is 0. The van der Waals surface area contributed by atoms with Gasteiger partial charge in [0.15, 0.2) is 0 Å². The van der Waals surface area contributed by atoms with Crippen LogP contribution in [0.2, 0.25) is 0 Å². The van der Waals surface area contributed by atoms with Gasteiger partial charge in [-0.1, -0.05) is 46.8 Å². The Hall–Kier alpha value is -0.420. The van der Waals surface area contributed by atoms with Gasteiger partial charge in [0.05, 0.1) is 24.4 Å². The topological polar surface area (TPSA) is 80.9 Å². The van der Waals surface area contributed by atoms with E-state index in [1.54, 1.807) is 0 Å². The predicted molar refractivity (Wildman–Crippen MR) is 123 cm³/mol. The standard InChI is InChI=1S/C27H46O4/c1-15(2)22(29)7-6-16(3)20-14-24(31)25-18-13-23(30)21-12-17(28)8-10-26(21,4)19(18)9-11-27(20,25)5/h6-7,15-25,28-31H,8-14H2,1-5H3/b7-6+/t16-,17+,18-,19+,20-,21?,22+,23+,24-,25-,26-,27-/m1/s1. The fourth-order valence-corrected chi connectivity index (χ4v) is 8.85. The SMILES string of the molecule is CC(C)[C@@H](O)/C=C/[C@@H](C)[C@H]1C[C@@H](O)[C@H]2[C@@H]3C[C@H](O)C4C[C@@H](O)CC[C@]4(C)[C@H]3CC[C@@]21C. The summed E-state index contributed by atoms with van der Waals surface area (Å²) in [6.45, 7) is 11.1. The minimum atomic E-state index is -0.417. The summed E-state index contributed by atoms with van der Waals surface area (Å²) in [5, 5.41) is 43.0. The van der Waals surface area contributed by atoms with Gasteiger partial charge < -0.3 is 20.4 Å². The van der Waals surface area contributed by atoms with Gasteiger partial charge in [-0.05, 0) is 97.2 Å². The molecule has 0 radical (unpaired) electrons. The quantitative estimate of drug-likeness (QED) is 0.501. The van der Waals surface area contributed by atoms with Crippen molar-refractivity contribution in [3.05, 3.63) is 12.2 Å². The summed E-state index contributed by atoms with van der Waals surface area (Å²) in [6, 6.07) is 0. The summed E-state index contributed by atoms with van der Waals surface area (Å²) in [5.74, 6) is 2.26. The number of hydrogen-bond donors (Lipinski definition) is 4. The van der Waals surface area contributed by atoms with Crippen LogP contribution in [0.15, 0.2) is 12.2 Å². The maximum atomic E-state index is 11.3. The second kappa shape index (κ2) is 8.42. The Morgan fingerprint density at radius 2 is 1.48 bits per heavy atom. The normalized spacial score (nSPS) is 51.9. The van der Waals surface area contributed by atoms with Gasteiger partial charge in [0, 0.05) is 0 Å². The summed E-state index contributed by atoms with van der Waals surface area (Å²) in [7, 11) is 0. The van der Waals surface area contributed by atoms with Crippen LogP contribution in [0, 0.1) is 52.3 Å². The van der Waals surface area contributed by atoms with Crippen molar-refractivity contribution in [1.29, 1.82) is 0 Å². The maximum absolute atomic E-state index is 11.3. The van der Waals surface area contributed by atoms with Crippen molar-refractivity contribution in [1.82, 2.24) is 0 Å². The summed E-state index contributed by atoms with van der Waals surface area (Å²) in [6.07, 6.45) is 9.23. The van der Waals surface area contributed by atoms with Crippen LogP contribution in [0.3, 0.4) is 0 Å². The Kier molecular flexibility index (Phi) is 6.44. The van der Waals surface area contributed by atoms with E-state index in [4.69, 9.17) is 0 Å². The first-order valence-corrected chi connectivity index (χ1v) is 12.9. The number of hydrogen-bond acceptors (Lipinski definition) is 4. The summed E-state index contributed by atoms with van der Waals surface area (Å²) < 4.78 is 0. The molecule has 4 nitrogen and oxygen atoms in total. The third-order valence-electron chi connectivity index (χ3n) is 10.6. The number of aliphatic hydroxyl groups is 4. The molecule has 4 aliphatic rings. The lowest BCUT2D eigenvalue weighted by Gasteiger charge is -2.62. The Labute approximate surface area is 189 Å². The van der Waals surface area contributed by atoms with E-state index in [0.717, 1.165) is 38.5 Å². The van der Waals surface area contributed by atoms with Gasteiger partial charge in [-0.25, -0.2) is 0 Å². The molecule has 4 saturated carbocycles. The number of rotatable bonds is 4. The van der Waals surface area contributed by atoms with E-state index >= 15 is 0 Å². The lowest BCUT2D eigenvalue weighted by Crippen LogP contribution is -2.59. The van der Waals surface area contributed by atoms with Crippen LogP contribution >= 0.6 is 0 Å². The van der Waals surface area contributed by atoms with Crippen LogP contribution in [0.5, 0.6) is 0 Å². The van der Waals surface area contributed by atoms with Crippen molar-refractivity contribution in [3.63, 3.8) is 0 Å². The van der Waals surface area contributed by atoms with E-state index in [1.807, 2.05) is 19.9 Å². The molecule has 0 amide bonds. The second-order valence-electron chi connectivity index (χ2n) is 12.6. The molecule has 0 spiro atoms. The summed E-state index contributed by atoms with van der Waals surface area (Å²) in [5.41, 5.74) is 0.151. The predicted octanol–water partition coefficient (Wildman–Crippen LogP) is 4.16. The average Bonchev–Trinajstić information content (AvgIpc) is 2.98. The molecule has 0 bridgehead atoms. The first kappa shape index (κ1) is 23.7. The minimum Gasteiger partial charge on any atom is -0.393 e. The molecule has 4 heteroatoms. The van der Waals surface area contributed by atoms with Gasteiger partial charge in [-0.15, -0.1) is 0 Å². The molecule has 4 fully saturated rings. The highest BCUT2D eigenvalue weighted by molar-refractivity contribution is 5.14. The molecule has 0 aromatic rings. The molecular weight excluding hydrogens is 388 g/mol. The summed E-state index contributed by atoms with van der Waals surface area (Å²) >= 11 is 0. The lowest BCUT2D eigenvalue weighted by atomic mass is 9.43. The van der Waals surface area contributed by atoms with Crippen molar-refractivity contribution >= 4 is 0 Å². The van der Waals surface area contributed by atoms with Gasteiger partial charge in [-0.3, -0.25) is 0 Å². The second-order valence-corrected chi connectivity index (χ2v) is 12.6. The van der Waals surface area contributed by atoms with Gasteiger partial charge >= 0.3 is 0 Å². The highest BCUT2D eigenvalue weighted by Crippen LogP contribution is 2.68. The van der Waals surface area contributed by atoms with Crippen molar-refractivity contribution in [2.24, 2.45) is 52.3 Å². The first-order valence-electron chi connectivity index (χ1n) is 12.9. The Bertz CT molecular complexity index is 676. The molecule has 4 aliphatic carbocycles. The van der Waals surface area contributed by atoms with Crippen molar-refractivity contribution < 1.29 is 20.4 Å². The Balaban J connectivity index is 1.58. The average molecular weight is 435 g/mol. The molecule has 12 atom stereocenters.